The number of para-hydroxylation sites is 2. The lowest BCUT2D eigenvalue weighted by Gasteiger charge is -2.32. The Kier molecular flexibility index (Phi) is 7.27. The number of piperidine rings is 1. The number of likely N-dealkylation sites (tertiary alicyclic amines) is 1. The number of nitrogens with one attached hydrogen (secondary N) is 2. The van der Waals surface area contributed by atoms with E-state index in [-0.39, 0.29) is 0 Å². The van der Waals surface area contributed by atoms with Gasteiger partial charge in [-0.3, -0.25) is 10.2 Å². The highest BCUT2D eigenvalue weighted by atomic mass is 15.3. The van der Waals surface area contributed by atoms with Crippen molar-refractivity contribution >= 4 is 34.8 Å². The molecule has 3 heterocycles. The van der Waals surface area contributed by atoms with Crippen molar-refractivity contribution in [1.29, 1.82) is 0 Å². The maximum absolute atomic E-state index is 4.77. The molecule has 188 valence electrons. The third-order valence-corrected chi connectivity index (χ3v) is 6.85. The second-order valence-corrected chi connectivity index (χ2v) is 9.24. The van der Waals surface area contributed by atoms with Crippen LogP contribution in [0.3, 0.4) is 0 Å². The minimum Gasteiger partial charge on any atom is -0.351 e. The molecule has 0 unspecified atom stereocenters. The van der Waals surface area contributed by atoms with E-state index in [0.29, 0.717) is 29.8 Å². The number of aryl methyl sites for hydroxylation is 1. The molecule has 4 aromatic rings. The first kappa shape index (κ1) is 24.0. The lowest BCUT2D eigenvalue weighted by atomic mass is 10.0. The fraction of sp³-hybridized carbons (Fsp3) is 0.407. The van der Waals surface area contributed by atoms with E-state index in [2.05, 4.69) is 70.7 Å². The number of aromatic nitrogens is 5. The summed E-state index contributed by atoms with van der Waals surface area (Å²) >= 11 is 0. The molecule has 1 aliphatic heterocycles. The van der Waals surface area contributed by atoms with E-state index in [9.17, 15) is 0 Å². The van der Waals surface area contributed by atoms with Crippen LogP contribution in [0.2, 0.25) is 0 Å². The van der Waals surface area contributed by atoms with Gasteiger partial charge in [0, 0.05) is 45.8 Å². The summed E-state index contributed by atoms with van der Waals surface area (Å²) in [6, 6.07) is 19.1. The van der Waals surface area contributed by atoms with Gasteiger partial charge in [-0.15, -0.1) is 0 Å². The van der Waals surface area contributed by atoms with Crippen LogP contribution in [0.25, 0.3) is 11.0 Å². The van der Waals surface area contributed by atoms with Crippen molar-refractivity contribution in [2.75, 3.05) is 41.7 Å². The Morgan fingerprint density at radius 2 is 1.56 bits per heavy atom. The number of fused-ring (bicyclic) bond motifs is 1. The van der Waals surface area contributed by atoms with E-state index >= 15 is 0 Å². The summed E-state index contributed by atoms with van der Waals surface area (Å²) in [5.41, 5.74) is 3.35. The van der Waals surface area contributed by atoms with Crippen molar-refractivity contribution in [3.8, 4) is 0 Å². The molecule has 1 fully saturated rings. The van der Waals surface area contributed by atoms with Gasteiger partial charge in [0.1, 0.15) is 0 Å². The average molecular weight is 486 g/mol. The normalized spacial score (nSPS) is 14.8. The topological polar surface area (TPSA) is 87.0 Å². The van der Waals surface area contributed by atoms with Crippen molar-refractivity contribution in [2.45, 2.75) is 39.3 Å². The second-order valence-electron chi connectivity index (χ2n) is 9.24. The fourth-order valence-corrected chi connectivity index (χ4v) is 4.75. The first-order chi connectivity index (χ1) is 17.6. The minimum atomic E-state index is 0.326. The fourth-order valence-electron chi connectivity index (χ4n) is 4.75. The van der Waals surface area contributed by atoms with Crippen molar-refractivity contribution in [3.05, 3.63) is 60.2 Å². The molecule has 0 saturated carbocycles. The first-order valence-corrected chi connectivity index (χ1v) is 12.8. The predicted molar refractivity (Wildman–Crippen MR) is 146 cm³/mol. The Bertz CT molecular complexity index is 1280. The molecule has 2 aromatic heterocycles. The first-order valence-electron chi connectivity index (χ1n) is 12.8. The molecule has 2 aromatic carbocycles. The van der Waals surface area contributed by atoms with Gasteiger partial charge < -0.3 is 14.8 Å². The van der Waals surface area contributed by atoms with Crippen LogP contribution in [0.1, 0.15) is 32.3 Å². The highest BCUT2D eigenvalue weighted by Crippen LogP contribution is 2.23. The Morgan fingerprint density at radius 1 is 0.861 bits per heavy atom. The zero-order valence-corrected chi connectivity index (χ0v) is 21.4. The smallest absolute Gasteiger partial charge is 0.236 e. The molecule has 9 nitrogen and oxygen atoms in total. The van der Waals surface area contributed by atoms with Crippen LogP contribution in [0.4, 0.5) is 23.8 Å². The maximum Gasteiger partial charge on any atom is 0.236 e. The molecule has 2 N–H and O–H groups in total. The zero-order chi connectivity index (χ0) is 24.9. The predicted octanol–water partition coefficient (Wildman–Crippen LogP) is 4.42. The summed E-state index contributed by atoms with van der Waals surface area (Å²) in [6.45, 7) is 8.96. The van der Waals surface area contributed by atoms with Crippen LogP contribution in [0.15, 0.2) is 54.6 Å². The third-order valence-electron chi connectivity index (χ3n) is 6.85. The van der Waals surface area contributed by atoms with E-state index in [1.807, 2.05) is 29.8 Å². The molecule has 1 saturated heterocycles. The molecule has 0 bridgehead atoms. The molecule has 0 spiro atoms. The summed E-state index contributed by atoms with van der Waals surface area (Å²) in [5.74, 6) is 2.47. The van der Waals surface area contributed by atoms with Gasteiger partial charge in [0.05, 0.1) is 11.0 Å². The average Bonchev–Trinajstić information content (AvgIpc) is 3.21. The summed E-state index contributed by atoms with van der Waals surface area (Å²) in [4.78, 5) is 23.6. The number of rotatable bonds is 9. The standard InChI is InChI=1S/C27H35N9/c1-4-36(5-2)27-32-24(28-21-15-17-35(18-16-21)19-20-11-7-6-8-12-20)30-25(33-27)31-26-29-22-13-9-10-14-23(22)34(26)3/h6-14,21H,4-5,15-19H2,1-3H3,(H2,28,29,30,31,32,33). The lowest BCUT2D eigenvalue weighted by Crippen LogP contribution is -2.39. The SMILES string of the molecule is CCN(CC)c1nc(Nc2nc3ccccc3n2C)nc(NC2CCN(Cc3ccccc3)CC2)n1. The van der Waals surface area contributed by atoms with Gasteiger partial charge in [-0.1, -0.05) is 42.5 Å². The van der Waals surface area contributed by atoms with Crippen LogP contribution in [0.5, 0.6) is 0 Å². The van der Waals surface area contributed by atoms with E-state index in [4.69, 9.17) is 19.9 Å². The van der Waals surface area contributed by atoms with Crippen molar-refractivity contribution in [3.63, 3.8) is 0 Å². The van der Waals surface area contributed by atoms with Crippen LogP contribution in [-0.4, -0.2) is 61.6 Å². The number of benzene rings is 2. The summed E-state index contributed by atoms with van der Waals surface area (Å²) in [6.07, 6.45) is 2.10. The highest BCUT2D eigenvalue weighted by Gasteiger charge is 2.21. The van der Waals surface area contributed by atoms with E-state index in [1.54, 1.807) is 0 Å². The van der Waals surface area contributed by atoms with Gasteiger partial charge in [-0.05, 0) is 44.4 Å². The van der Waals surface area contributed by atoms with Crippen LogP contribution < -0.4 is 15.5 Å². The summed E-state index contributed by atoms with van der Waals surface area (Å²) in [7, 11) is 1.99. The molecule has 0 radical (unpaired) electrons. The van der Waals surface area contributed by atoms with Crippen molar-refractivity contribution in [1.82, 2.24) is 29.4 Å². The molecule has 1 aliphatic rings. The maximum atomic E-state index is 4.77. The Morgan fingerprint density at radius 3 is 2.28 bits per heavy atom. The zero-order valence-electron chi connectivity index (χ0n) is 21.4. The Labute approximate surface area is 212 Å². The number of anilines is 4. The molecule has 5 rings (SSSR count). The highest BCUT2D eigenvalue weighted by molar-refractivity contribution is 5.79. The molecular formula is C27H35N9. The molecule has 0 amide bonds. The van der Waals surface area contributed by atoms with Crippen molar-refractivity contribution in [2.24, 2.45) is 7.05 Å². The van der Waals surface area contributed by atoms with Gasteiger partial charge >= 0.3 is 0 Å². The lowest BCUT2D eigenvalue weighted by molar-refractivity contribution is 0.211. The number of hydrogen-bond donors (Lipinski definition) is 2. The van der Waals surface area contributed by atoms with Gasteiger partial charge in [-0.2, -0.15) is 15.0 Å². The van der Waals surface area contributed by atoms with E-state index in [0.717, 1.165) is 56.6 Å². The molecule has 36 heavy (non-hydrogen) atoms. The molecule has 0 atom stereocenters. The van der Waals surface area contributed by atoms with Crippen LogP contribution >= 0.6 is 0 Å². The van der Waals surface area contributed by atoms with Gasteiger partial charge in [-0.25, -0.2) is 4.98 Å². The van der Waals surface area contributed by atoms with Crippen LogP contribution in [-0.2, 0) is 13.6 Å². The monoisotopic (exact) mass is 485 g/mol. The molecule has 9 heteroatoms. The molecular weight excluding hydrogens is 450 g/mol. The Balaban J connectivity index is 1.31. The minimum absolute atomic E-state index is 0.326. The number of hydrogen-bond acceptors (Lipinski definition) is 8. The number of imidazole rings is 1. The van der Waals surface area contributed by atoms with E-state index in [1.165, 1.54) is 5.56 Å². The van der Waals surface area contributed by atoms with Gasteiger partial charge in [0.25, 0.3) is 0 Å². The van der Waals surface area contributed by atoms with E-state index < -0.39 is 0 Å². The number of nitrogens with zero attached hydrogens (tertiary/aromatic N) is 7. The quantitative estimate of drug-likeness (QED) is 0.360. The second kappa shape index (κ2) is 10.9. The van der Waals surface area contributed by atoms with Gasteiger partial charge in [0.15, 0.2) is 0 Å². The van der Waals surface area contributed by atoms with Crippen LogP contribution in [0, 0.1) is 0 Å². The molecule has 0 aliphatic carbocycles. The third kappa shape index (κ3) is 5.41. The largest absolute Gasteiger partial charge is 0.351 e. The Hall–Kier alpha value is -3.72. The van der Waals surface area contributed by atoms with Gasteiger partial charge in [0.2, 0.25) is 23.8 Å². The van der Waals surface area contributed by atoms with Crippen molar-refractivity contribution < 1.29 is 0 Å². The summed E-state index contributed by atoms with van der Waals surface area (Å²) in [5, 5.41) is 6.93. The summed E-state index contributed by atoms with van der Waals surface area (Å²) < 4.78 is 2.02.